The van der Waals surface area contributed by atoms with Crippen molar-refractivity contribution < 1.29 is 39.3 Å². The fourth-order valence-electron chi connectivity index (χ4n) is 3.85. The van der Waals surface area contributed by atoms with Gasteiger partial charge in [-0.15, -0.1) is 0 Å². The summed E-state index contributed by atoms with van der Waals surface area (Å²) in [5.74, 6) is 1.90. The van der Waals surface area contributed by atoms with Gasteiger partial charge in [0.25, 0.3) is 0 Å². The molecule has 6 heteroatoms. The van der Waals surface area contributed by atoms with Gasteiger partial charge in [0.15, 0.2) is 5.52 Å². The van der Waals surface area contributed by atoms with Crippen molar-refractivity contribution in [1.29, 1.82) is 0 Å². The number of hydrogen-bond donors (Lipinski definition) is 0. The third-order valence-corrected chi connectivity index (χ3v) is 6.38. The van der Waals surface area contributed by atoms with Crippen LogP contribution in [-0.2, 0) is 5.41 Å². The third-order valence-electron chi connectivity index (χ3n) is 5.16. The summed E-state index contributed by atoms with van der Waals surface area (Å²) >= 11 is 0. The van der Waals surface area contributed by atoms with Crippen molar-refractivity contribution in [2.45, 2.75) is 119 Å². The normalized spacial score (nSPS) is 12.9. The summed E-state index contributed by atoms with van der Waals surface area (Å²) in [5.41, 5.74) is 2.80. The van der Waals surface area contributed by atoms with E-state index >= 15 is 0 Å². The van der Waals surface area contributed by atoms with E-state index in [1.807, 2.05) is 88.3 Å². The van der Waals surface area contributed by atoms with Gasteiger partial charge in [-0.2, -0.15) is 0 Å². The van der Waals surface area contributed by atoms with E-state index in [4.69, 9.17) is 14.2 Å². The maximum Gasteiger partial charge on any atom is 1.00 e. The average Bonchev–Trinajstić information content (AvgIpc) is 2.59. The smallest absolute Gasteiger partial charge is 1.00 e. The molecule has 0 aliphatic heterocycles. The summed E-state index contributed by atoms with van der Waals surface area (Å²) in [5, 5.41) is 0.768. The molecule has 0 aliphatic rings. The van der Waals surface area contributed by atoms with E-state index in [1.54, 1.807) is 0 Å². The van der Waals surface area contributed by atoms with Crippen LogP contribution in [0.25, 0.3) is 0 Å². The second-order valence-electron chi connectivity index (χ2n) is 13.6. The topological polar surface area (TPSA) is 44.8 Å². The van der Waals surface area contributed by atoms with Gasteiger partial charge < -0.3 is 15.6 Å². The van der Waals surface area contributed by atoms with E-state index in [-0.39, 0.29) is 45.4 Å². The van der Waals surface area contributed by atoms with E-state index in [9.17, 15) is 4.79 Å². The molecule has 0 radical (unpaired) electrons. The van der Waals surface area contributed by atoms with Gasteiger partial charge in [-0.25, -0.2) is 0 Å². The van der Waals surface area contributed by atoms with Gasteiger partial charge >= 0.3 is 18.9 Å². The zero-order chi connectivity index (χ0) is 27.9. The fraction of sp³-hybridized carbons (Fsp3) is 0.581. The Hall–Kier alpha value is -1.46. The van der Waals surface area contributed by atoms with E-state index in [1.165, 1.54) is 5.56 Å². The second kappa shape index (κ2) is 11.7. The minimum Gasteiger partial charge on any atom is -1.00 e. The third kappa shape index (κ3) is 10.3. The van der Waals surface area contributed by atoms with E-state index < -0.39 is 11.2 Å². The largest absolute Gasteiger partial charge is 1.00 e. The van der Waals surface area contributed by atoms with Crippen molar-refractivity contribution in [1.82, 2.24) is 0 Å². The molecule has 0 aliphatic carbocycles. The average molecular weight is 523 g/mol. The number of benzene rings is 2. The van der Waals surface area contributed by atoms with Crippen LogP contribution in [-0.4, -0.2) is 22.3 Å². The first kappa shape index (κ1) is 33.6. The molecule has 0 N–H and O–H groups in total. The molecule has 1 atom stereocenters. The molecular weight excluding hydrogens is 474 g/mol. The van der Waals surface area contributed by atoms with E-state index in [0.717, 1.165) is 22.0 Å². The first-order valence-corrected chi connectivity index (χ1v) is 13.7. The molecule has 0 heterocycles. The van der Waals surface area contributed by atoms with Gasteiger partial charge in [-0.3, -0.25) is 4.79 Å². The Labute approximate surface area is 241 Å². The molecule has 0 amide bonds. The first-order chi connectivity index (χ1) is 16.1. The van der Waals surface area contributed by atoms with Crippen LogP contribution in [0.1, 0.15) is 112 Å². The zero-order valence-corrected chi connectivity index (χ0v) is 26.9. The van der Waals surface area contributed by atoms with Crippen LogP contribution in [0.15, 0.2) is 24.3 Å². The van der Waals surface area contributed by atoms with Gasteiger partial charge in [0.2, 0.25) is 0 Å². The van der Waals surface area contributed by atoms with Crippen molar-refractivity contribution in [3.8, 4) is 17.2 Å². The standard InChI is InChI=1S/C31H47O4P.Li.H/c1-19-15-21(28(3,4)5)16-20(2)25(19)27(32)36-26-23(34-30(9,10)11)17-22(33-29(6,7)8)18-24(26)35-31(12,13)14;;/h15-18,36H,1-14H3;;/q;+1;-1. The monoisotopic (exact) mass is 522 g/mol. The summed E-state index contributed by atoms with van der Waals surface area (Å²) < 4.78 is 19.0. The van der Waals surface area contributed by atoms with E-state index in [2.05, 4.69) is 32.9 Å². The maximum absolute atomic E-state index is 13.8. The van der Waals surface area contributed by atoms with Crippen LogP contribution >= 0.6 is 8.58 Å². The Morgan fingerprint density at radius 3 is 1.38 bits per heavy atom. The second-order valence-corrected chi connectivity index (χ2v) is 14.8. The predicted molar refractivity (Wildman–Crippen MR) is 156 cm³/mol. The number of ether oxygens (including phenoxy) is 3. The van der Waals surface area contributed by atoms with Gasteiger partial charge in [0, 0.05) is 17.7 Å². The molecule has 4 nitrogen and oxygen atoms in total. The van der Waals surface area contributed by atoms with Gasteiger partial charge in [-0.05, 0) is 107 Å². The quantitative estimate of drug-likeness (QED) is 0.377. The molecule has 0 spiro atoms. The molecule has 0 saturated carbocycles. The Morgan fingerprint density at radius 2 is 1.05 bits per heavy atom. The van der Waals surface area contributed by atoms with Crippen LogP contribution in [0.5, 0.6) is 17.2 Å². The molecular formula is C31H48LiO4P. The van der Waals surface area contributed by atoms with Crippen LogP contribution in [0.4, 0.5) is 0 Å². The molecule has 0 fully saturated rings. The maximum atomic E-state index is 13.8. The van der Waals surface area contributed by atoms with E-state index in [0.29, 0.717) is 17.2 Å². The van der Waals surface area contributed by atoms with Crippen LogP contribution in [0.3, 0.4) is 0 Å². The molecule has 2 rings (SSSR count). The number of carbonyl (C=O) groups is 1. The van der Waals surface area contributed by atoms with Crippen molar-refractivity contribution in [3.05, 3.63) is 46.5 Å². The van der Waals surface area contributed by atoms with Crippen molar-refractivity contribution in [2.75, 3.05) is 0 Å². The fourth-order valence-corrected chi connectivity index (χ4v) is 5.09. The number of rotatable bonds is 6. The van der Waals surface area contributed by atoms with Gasteiger partial charge in [-0.1, -0.05) is 32.9 Å². The molecule has 0 bridgehead atoms. The van der Waals surface area contributed by atoms with Crippen LogP contribution in [0.2, 0.25) is 0 Å². The summed E-state index contributed by atoms with van der Waals surface area (Å²) in [7, 11) is -0.159. The number of hydrogen-bond acceptors (Lipinski definition) is 4. The Morgan fingerprint density at radius 1 is 0.676 bits per heavy atom. The summed E-state index contributed by atoms with van der Waals surface area (Å²) in [4.78, 5) is 13.8. The Bertz CT molecular complexity index is 1060. The van der Waals surface area contributed by atoms with Gasteiger partial charge in [0.1, 0.15) is 34.1 Å². The molecule has 0 saturated heterocycles. The number of aryl methyl sites for hydroxylation is 2. The molecule has 2 aromatic rings. The molecule has 2 aromatic carbocycles. The molecule has 37 heavy (non-hydrogen) atoms. The van der Waals surface area contributed by atoms with Crippen molar-refractivity contribution in [2.24, 2.45) is 0 Å². The Balaban J connectivity index is 0.00000684. The zero-order valence-electron chi connectivity index (χ0n) is 26.9. The predicted octanol–water partition coefficient (Wildman–Crippen LogP) is 5.39. The number of carbonyl (C=O) groups excluding carboxylic acids is 1. The first-order valence-electron chi connectivity index (χ1n) is 12.7. The Kier molecular flexibility index (Phi) is 10.6. The summed E-state index contributed by atoms with van der Waals surface area (Å²) in [6, 6.07) is 8.07. The molecule has 202 valence electrons. The minimum atomic E-state index is -0.457. The minimum absolute atomic E-state index is 0. The SMILES string of the molecule is Cc1cc(C(C)(C)C)cc(C)c1C(=O)Pc1c(OC(C)(C)C)cc(OC(C)(C)C)cc1OC(C)(C)C.[H-].[Li+]. The summed E-state index contributed by atoms with van der Waals surface area (Å²) in [6.45, 7) is 28.7. The molecule has 1 unspecified atom stereocenters. The van der Waals surface area contributed by atoms with Crippen LogP contribution < -0.4 is 38.4 Å². The van der Waals surface area contributed by atoms with Crippen LogP contribution in [0, 0.1) is 13.8 Å². The van der Waals surface area contributed by atoms with Crippen molar-refractivity contribution >= 4 is 19.4 Å². The van der Waals surface area contributed by atoms with Gasteiger partial charge in [0.05, 0.1) is 5.30 Å². The molecule has 0 aromatic heterocycles. The summed E-state index contributed by atoms with van der Waals surface area (Å²) in [6.07, 6.45) is 0. The van der Waals surface area contributed by atoms with Crippen molar-refractivity contribution in [3.63, 3.8) is 0 Å².